The highest BCUT2D eigenvalue weighted by Gasteiger charge is 2.10. The average molecular weight is 286 g/mol. The van der Waals surface area contributed by atoms with Crippen molar-refractivity contribution in [3.05, 3.63) is 59.4 Å². The molecule has 0 aromatic heterocycles. The molecule has 4 heteroatoms. The molecule has 0 radical (unpaired) electrons. The first-order valence-corrected chi connectivity index (χ1v) is 6.90. The molecule has 0 aliphatic rings. The van der Waals surface area contributed by atoms with Gasteiger partial charge in [0, 0.05) is 17.3 Å². The predicted octanol–water partition coefficient (Wildman–Crippen LogP) is 4.21. The minimum Gasteiger partial charge on any atom is -0.380 e. The van der Waals surface area contributed by atoms with Crippen molar-refractivity contribution in [1.82, 2.24) is 0 Å². The number of carbonyl (C=O) groups excluding carboxylic acids is 1. The minimum atomic E-state index is -0.365. The van der Waals surface area contributed by atoms with Gasteiger partial charge in [-0.05, 0) is 56.7 Å². The number of halogens is 1. The second kappa shape index (κ2) is 6.39. The summed E-state index contributed by atoms with van der Waals surface area (Å²) in [5, 5.41) is 5.80. The SMILES string of the molecule is Cc1cccc(NC(=O)c2ccc(F)c(NC(C)C)c2)c1. The molecule has 0 aliphatic carbocycles. The Morgan fingerprint density at radius 3 is 2.57 bits per heavy atom. The van der Waals surface area contributed by atoms with Crippen LogP contribution in [0.4, 0.5) is 15.8 Å². The van der Waals surface area contributed by atoms with Gasteiger partial charge in [-0.1, -0.05) is 12.1 Å². The summed E-state index contributed by atoms with van der Waals surface area (Å²) < 4.78 is 13.7. The van der Waals surface area contributed by atoms with E-state index in [1.54, 1.807) is 0 Å². The van der Waals surface area contributed by atoms with E-state index in [1.165, 1.54) is 18.2 Å². The Kier molecular flexibility index (Phi) is 4.58. The van der Waals surface area contributed by atoms with Crippen molar-refractivity contribution in [3.8, 4) is 0 Å². The third kappa shape index (κ3) is 4.05. The normalized spacial score (nSPS) is 10.5. The topological polar surface area (TPSA) is 41.1 Å². The highest BCUT2D eigenvalue weighted by atomic mass is 19.1. The van der Waals surface area contributed by atoms with Crippen LogP contribution in [0.5, 0.6) is 0 Å². The molecule has 2 aromatic carbocycles. The lowest BCUT2D eigenvalue weighted by Gasteiger charge is -2.12. The monoisotopic (exact) mass is 286 g/mol. The number of nitrogens with one attached hydrogen (secondary N) is 2. The highest BCUT2D eigenvalue weighted by molar-refractivity contribution is 6.04. The van der Waals surface area contributed by atoms with Crippen LogP contribution in [0.25, 0.3) is 0 Å². The molecule has 0 spiro atoms. The third-order valence-electron chi connectivity index (χ3n) is 2.95. The largest absolute Gasteiger partial charge is 0.380 e. The van der Waals surface area contributed by atoms with E-state index >= 15 is 0 Å². The molecule has 0 bridgehead atoms. The first-order chi connectivity index (χ1) is 9.95. The van der Waals surface area contributed by atoms with Crippen LogP contribution >= 0.6 is 0 Å². The molecule has 0 atom stereocenters. The Labute approximate surface area is 124 Å². The molecule has 2 aromatic rings. The van der Waals surface area contributed by atoms with Gasteiger partial charge in [0.1, 0.15) is 5.82 Å². The fourth-order valence-electron chi connectivity index (χ4n) is 2.01. The van der Waals surface area contributed by atoms with E-state index in [0.717, 1.165) is 11.3 Å². The van der Waals surface area contributed by atoms with E-state index in [-0.39, 0.29) is 17.8 Å². The van der Waals surface area contributed by atoms with Gasteiger partial charge in [0.2, 0.25) is 0 Å². The van der Waals surface area contributed by atoms with Crippen LogP contribution in [0.2, 0.25) is 0 Å². The van der Waals surface area contributed by atoms with E-state index in [4.69, 9.17) is 0 Å². The number of anilines is 2. The summed E-state index contributed by atoms with van der Waals surface area (Å²) in [4.78, 5) is 12.2. The van der Waals surface area contributed by atoms with E-state index in [0.29, 0.717) is 11.3 Å². The van der Waals surface area contributed by atoms with E-state index in [2.05, 4.69) is 10.6 Å². The van der Waals surface area contributed by atoms with Crippen molar-refractivity contribution in [2.24, 2.45) is 0 Å². The average Bonchev–Trinajstić information content (AvgIpc) is 2.40. The summed E-state index contributed by atoms with van der Waals surface area (Å²) in [6, 6.07) is 11.9. The molecule has 3 nitrogen and oxygen atoms in total. The maximum Gasteiger partial charge on any atom is 0.255 e. The Balaban J connectivity index is 2.19. The van der Waals surface area contributed by atoms with Crippen LogP contribution in [0.1, 0.15) is 29.8 Å². The van der Waals surface area contributed by atoms with Gasteiger partial charge in [-0.2, -0.15) is 0 Å². The molecule has 0 saturated carbocycles. The predicted molar refractivity (Wildman–Crippen MR) is 84.3 cm³/mol. The molecule has 21 heavy (non-hydrogen) atoms. The second-order valence-corrected chi connectivity index (χ2v) is 5.32. The van der Waals surface area contributed by atoms with Crippen LogP contribution in [-0.2, 0) is 0 Å². The quantitative estimate of drug-likeness (QED) is 0.884. The fraction of sp³-hybridized carbons (Fsp3) is 0.235. The van der Waals surface area contributed by atoms with E-state index in [9.17, 15) is 9.18 Å². The summed E-state index contributed by atoms with van der Waals surface area (Å²) in [5.74, 6) is -0.622. The van der Waals surface area contributed by atoms with Gasteiger partial charge in [0.05, 0.1) is 5.69 Å². The van der Waals surface area contributed by atoms with Gasteiger partial charge in [-0.25, -0.2) is 4.39 Å². The van der Waals surface area contributed by atoms with E-state index < -0.39 is 0 Å². The van der Waals surface area contributed by atoms with Crippen molar-refractivity contribution < 1.29 is 9.18 Å². The standard InChI is InChI=1S/C17H19FN2O/c1-11(2)19-16-10-13(7-8-15(16)18)17(21)20-14-6-4-5-12(3)9-14/h4-11,19H,1-3H3,(H,20,21). The lowest BCUT2D eigenvalue weighted by molar-refractivity contribution is 0.102. The molecule has 0 heterocycles. The van der Waals surface area contributed by atoms with Crippen LogP contribution in [0.15, 0.2) is 42.5 Å². The molecule has 0 unspecified atom stereocenters. The zero-order valence-electron chi connectivity index (χ0n) is 12.4. The summed E-state index contributed by atoms with van der Waals surface area (Å²) >= 11 is 0. The Bertz CT molecular complexity index is 653. The number of carbonyl (C=O) groups is 1. The van der Waals surface area contributed by atoms with Gasteiger partial charge in [-0.15, -0.1) is 0 Å². The number of aryl methyl sites for hydroxylation is 1. The Morgan fingerprint density at radius 2 is 1.90 bits per heavy atom. The number of rotatable bonds is 4. The zero-order valence-corrected chi connectivity index (χ0v) is 12.4. The smallest absolute Gasteiger partial charge is 0.255 e. The summed E-state index contributed by atoms with van der Waals surface area (Å²) in [7, 11) is 0. The molecule has 2 N–H and O–H groups in total. The van der Waals surface area contributed by atoms with Gasteiger partial charge < -0.3 is 10.6 Å². The zero-order chi connectivity index (χ0) is 15.4. The van der Waals surface area contributed by atoms with Crippen molar-refractivity contribution in [1.29, 1.82) is 0 Å². The number of benzene rings is 2. The van der Waals surface area contributed by atoms with Crippen LogP contribution < -0.4 is 10.6 Å². The van der Waals surface area contributed by atoms with Crippen molar-refractivity contribution in [2.75, 3.05) is 10.6 Å². The molecule has 1 amide bonds. The maximum atomic E-state index is 13.7. The number of hydrogen-bond donors (Lipinski definition) is 2. The lowest BCUT2D eigenvalue weighted by atomic mass is 10.1. The van der Waals surface area contributed by atoms with Gasteiger partial charge >= 0.3 is 0 Å². The van der Waals surface area contributed by atoms with Crippen molar-refractivity contribution >= 4 is 17.3 Å². The van der Waals surface area contributed by atoms with Gasteiger partial charge in [0.15, 0.2) is 0 Å². The Morgan fingerprint density at radius 1 is 1.14 bits per heavy atom. The minimum absolute atomic E-state index is 0.0922. The molecular weight excluding hydrogens is 267 g/mol. The summed E-state index contributed by atoms with van der Waals surface area (Å²) in [5.41, 5.74) is 2.54. The molecule has 0 fully saturated rings. The van der Waals surface area contributed by atoms with Crippen LogP contribution in [-0.4, -0.2) is 11.9 Å². The molecule has 2 rings (SSSR count). The summed E-state index contributed by atoms with van der Waals surface area (Å²) in [6.07, 6.45) is 0. The first kappa shape index (κ1) is 15.0. The summed E-state index contributed by atoms with van der Waals surface area (Å²) in [6.45, 7) is 5.79. The van der Waals surface area contributed by atoms with Gasteiger partial charge in [0.25, 0.3) is 5.91 Å². The van der Waals surface area contributed by atoms with Gasteiger partial charge in [-0.3, -0.25) is 4.79 Å². The molecule has 0 aliphatic heterocycles. The second-order valence-electron chi connectivity index (χ2n) is 5.32. The van der Waals surface area contributed by atoms with Crippen molar-refractivity contribution in [2.45, 2.75) is 26.8 Å². The molecule has 110 valence electrons. The lowest BCUT2D eigenvalue weighted by Crippen LogP contribution is -2.15. The molecule has 0 saturated heterocycles. The Hall–Kier alpha value is -2.36. The highest BCUT2D eigenvalue weighted by Crippen LogP contribution is 2.18. The third-order valence-corrected chi connectivity index (χ3v) is 2.95. The maximum absolute atomic E-state index is 13.7. The van der Waals surface area contributed by atoms with E-state index in [1.807, 2.05) is 45.0 Å². The molecular formula is C17H19FN2O. The van der Waals surface area contributed by atoms with Crippen LogP contribution in [0, 0.1) is 12.7 Å². The van der Waals surface area contributed by atoms with Crippen LogP contribution in [0.3, 0.4) is 0 Å². The fourth-order valence-corrected chi connectivity index (χ4v) is 2.01. The van der Waals surface area contributed by atoms with Crippen molar-refractivity contribution in [3.63, 3.8) is 0 Å². The number of amides is 1. The number of hydrogen-bond acceptors (Lipinski definition) is 2. The first-order valence-electron chi connectivity index (χ1n) is 6.90.